The Kier molecular flexibility index (Phi) is 4.70. The van der Waals surface area contributed by atoms with Crippen LogP contribution >= 0.6 is 43.6 Å². The van der Waals surface area contributed by atoms with Crippen molar-refractivity contribution in [1.29, 1.82) is 0 Å². The molecule has 0 saturated heterocycles. The predicted octanol–water partition coefficient (Wildman–Crippen LogP) is 5.23. The van der Waals surface area contributed by atoms with Crippen molar-refractivity contribution in [3.8, 4) is 0 Å². The van der Waals surface area contributed by atoms with E-state index in [1.807, 2.05) is 24.3 Å². The molecule has 0 fully saturated rings. The first-order chi connectivity index (χ1) is 8.54. The van der Waals surface area contributed by atoms with Crippen LogP contribution in [-0.4, -0.2) is 0 Å². The number of hydrogen-bond donors (Lipinski definition) is 1. The second-order valence-electron chi connectivity index (χ2n) is 3.76. The number of rotatable bonds is 3. The van der Waals surface area contributed by atoms with Crippen molar-refractivity contribution in [3.05, 3.63) is 56.7 Å². The van der Waals surface area contributed by atoms with E-state index in [2.05, 4.69) is 31.9 Å². The summed E-state index contributed by atoms with van der Waals surface area (Å²) in [6, 6.07) is 10.6. The van der Waals surface area contributed by atoms with Crippen LogP contribution in [0.3, 0.4) is 0 Å². The normalized spacial score (nSPS) is 10.6. The summed E-state index contributed by atoms with van der Waals surface area (Å²) in [5.41, 5.74) is 7.34. The molecule has 0 spiro atoms. The second kappa shape index (κ2) is 6.08. The first-order valence-corrected chi connectivity index (χ1v) is 7.74. The Hall–Kier alpha value is -0.520. The van der Waals surface area contributed by atoms with Gasteiger partial charge in [-0.15, -0.1) is 11.8 Å². The van der Waals surface area contributed by atoms with Gasteiger partial charge in [-0.25, -0.2) is 4.39 Å². The van der Waals surface area contributed by atoms with Crippen LogP contribution in [0.25, 0.3) is 0 Å². The molecule has 0 saturated carbocycles. The zero-order chi connectivity index (χ0) is 13.1. The number of halogens is 3. The van der Waals surface area contributed by atoms with Crippen LogP contribution in [-0.2, 0) is 5.75 Å². The lowest BCUT2D eigenvalue weighted by atomic mass is 10.2. The molecule has 0 aromatic heterocycles. The maximum absolute atomic E-state index is 13.2. The molecule has 1 nitrogen and oxygen atoms in total. The highest BCUT2D eigenvalue weighted by molar-refractivity contribution is 9.10. The van der Waals surface area contributed by atoms with Gasteiger partial charge in [0.1, 0.15) is 5.82 Å². The van der Waals surface area contributed by atoms with Crippen LogP contribution in [0.15, 0.2) is 50.2 Å². The average Bonchev–Trinajstić information content (AvgIpc) is 2.26. The van der Waals surface area contributed by atoms with Gasteiger partial charge in [0.05, 0.1) is 0 Å². The van der Waals surface area contributed by atoms with Gasteiger partial charge in [0.2, 0.25) is 0 Å². The van der Waals surface area contributed by atoms with E-state index in [0.29, 0.717) is 5.75 Å². The molecular weight excluding hydrogens is 381 g/mol. The summed E-state index contributed by atoms with van der Waals surface area (Å²) in [5.74, 6) is 0.482. The zero-order valence-corrected chi connectivity index (χ0v) is 13.3. The van der Waals surface area contributed by atoms with Crippen LogP contribution in [0.4, 0.5) is 10.1 Å². The highest BCUT2D eigenvalue weighted by Gasteiger charge is 2.04. The minimum absolute atomic E-state index is 0.226. The van der Waals surface area contributed by atoms with E-state index in [-0.39, 0.29) is 5.82 Å². The molecule has 0 unspecified atom stereocenters. The van der Waals surface area contributed by atoms with Crippen molar-refractivity contribution in [1.82, 2.24) is 0 Å². The summed E-state index contributed by atoms with van der Waals surface area (Å²) in [6.07, 6.45) is 0. The van der Waals surface area contributed by atoms with E-state index in [1.54, 1.807) is 17.8 Å². The van der Waals surface area contributed by atoms with Gasteiger partial charge in [-0.2, -0.15) is 0 Å². The van der Waals surface area contributed by atoms with Gasteiger partial charge in [-0.3, -0.25) is 0 Å². The first kappa shape index (κ1) is 13.9. The van der Waals surface area contributed by atoms with E-state index in [0.717, 1.165) is 25.1 Å². The molecule has 94 valence electrons. The van der Waals surface area contributed by atoms with Crippen LogP contribution in [0, 0.1) is 5.82 Å². The lowest BCUT2D eigenvalue weighted by Gasteiger charge is -2.06. The molecular formula is C13H10Br2FNS. The average molecular weight is 391 g/mol. The Morgan fingerprint density at radius 3 is 2.56 bits per heavy atom. The van der Waals surface area contributed by atoms with Gasteiger partial charge in [0.25, 0.3) is 0 Å². The first-order valence-electron chi connectivity index (χ1n) is 5.17. The van der Waals surface area contributed by atoms with Gasteiger partial charge < -0.3 is 5.73 Å². The molecule has 0 amide bonds. The van der Waals surface area contributed by atoms with E-state index >= 15 is 0 Å². The van der Waals surface area contributed by atoms with Gasteiger partial charge in [-0.05, 0) is 57.9 Å². The number of thioether (sulfide) groups is 1. The molecule has 0 aliphatic carbocycles. The fourth-order valence-corrected chi connectivity index (χ4v) is 3.59. The maximum Gasteiger partial charge on any atom is 0.124 e. The number of anilines is 1. The minimum Gasteiger partial charge on any atom is -0.399 e. The van der Waals surface area contributed by atoms with E-state index in [4.69, 9.17) is 5.73 Å². The third-order valence-corrected chi connectivity index (χ3v) is 4.79. The second-order valence-corrected chi connectivity index (χ2v) is 6.54. The molecule has 18 heavy (non-hydrogen) atoms. The van der Waals surface area contributed by atoms with E-state index in [1.165, 1.54) is 6.07 Å². The topological polar surface area (TPSA) is 26.0 Å². The van der Waals surface area contributed by atoms with Crippen LogP contribution in [0.5, 0.6) is 0 Å². The Labute approximate surface area is 126 Å². The molecule has 0 aliphatic heterocycles. The third kappa shape index (κ3) is 3.73. The smallest absolute Gasteiger partial charge is 0.124 e. The SMILES string of the molecule is Nc1ccc(SCc2cc(F)cc(Br)c2)c(Br)c1. The largest absolute Gasteiger partial charge is 0.399 e. The zero-order valence-electron chi connectivity index (χ0n) is 9.29. The Balaban J connectivity index is 2.11. The highest BCUT2D eigenvalue weighted by Crippen LogP contribution is 2.32. The van der Waals surface area contributed by atoms with Crippen LogP contribution in [0.1, 0.15) is 5.56 Å². The van der Waals surface area contributed by atoms with Crippen molar-refractivity contribution in [2.75, 3.05) is 5.73 Å². The fourth-order valence-electron chi connectivity index (χ4n) is 1.49. The molecule has 2 aromatic carbocycles. The highest BCUT2D eigenvalue weighted by atomic mass is 79.9. The Morgan fingerprint density at radius 2 is 1.89 bits per heavy atom. The van der Waals surface area contributed by atoms with Gasteiger partial charge in [0, 0.05) is 25.3 Å². The Morgan fingerprint density at radius 1 is 1.11 bits per heavy atom. The summed E-state index contributed by atoms with van der Waals surface area (Å²) in [5, 5.41) is 0. The lowest BCUT2D eigenvalue weighted by Crippen LogP contribution is -1.87. The number of nitrogens with two attached hydrogens (primary N) is 1. The quantitative estimate of drug-likeness (QED) is 0.573. The van der Waals surface area contributed by atoms with Crippen molar-refractivity contribution in [3.63, 3.8) is 0 Å². The van der Waals surface area contributed by atoms with Crippen molar-refractivity contribution >= 4 is 49.3 Å². The summed E-state index contributed by atoms with van der Waals surface area (Å²) < 4.78 is 14.9. The molecule has 2 rings (SSSR count). The number of benzene rings is 2. The molecule has 2 N–H and O–H groups in total. The van der Waals surface area contributed by atoms with Crippen molar-refractivity contribution < 1.29 is 4.39 Å². The molecule has 0 radical (unpaired) electrons. The molecule has 5 heteroatoms. The number of nitrogen functional groups attached to an aromatic ring is 1. The van der Waals surface area contributed by atoms with E-state index < -0.39 is 0 Å². The maximum atomic E-state index is 13.2. The molecule has 0 heterocycles. The summed E-state index contributed by atoms with van der Waals surface area (Å²) in [7, 11) is 0. The number of hydrogen-bond acceptors (Lipinski definition) is 2. The fraction of sp³-hybridized carbons (Fsp3) is 0.0769. The molecule has 0 aliphatic rings. The summed E-state index contributed by atoms with van der Waals surface area (Å²) >= 11 is 8.39. The molecule has 0 atom stereocenters. The summed E-state index contributed by atoms with van der Waals surface area (Å²) in [4.78, 5) is 1.09. The summed E-state index contributed by atoms with van der Waals surface area (Å²) in [6.45, 7) is 0. The Bertz CT molecular complexity index is 555. The van der Waals surface area contributed by atoms with Crippen molar-refractivity contribution in [2.45, 2.75) is 10.6 Å². The van der Waals surface area contributed by atoms with Gasteiger partial charge in [0.15, 0.2) is 0 Å². The third-order valence-electron chi connectivity index (χ3n) is 2.27. The molecule has 2 aromatic rings. The monoisotopic (exact) mass is 389 g/mol. The van der Waals surface area contributed by atoms with Crippen molar-refractivity contribution in [2.24, 2.45) is 0 Å². The van der Waals surface area contributed by atoms with E-state index in [9.17, 15) is 4.39 Å². The van der Waals surface area contributed by atoms with Crippen LogP contribution in [0.2, 0.25) is 0 Å². The molecule has 0 bridgehead atoms. The lowest BCUT2D eigenvalue weighted by molar-refractivity contribution is 0.625. The standard InChI is InChI=1S/C13H10Br2FNS/c14-9-3-8(4-10(16)5-9)7-18-13-2-1-11(17)6-12(13)15/h1-6H,7,17H2. The minimum atomic E-state index is -0.226. The van der Waals surface area contributed by atoms with Gasteiger partial charge >= 0.3 is 0 Å². The van der Waals surface area contributed by atoms with Crippen LogP contribution < -0.4 is 5.73 Å². The van der Waals surface area contributed by atoms with Gasteiger partial charge in [-0.1, -0.05) is 15.9 Å². The predicted molar refractivity (Wildman–Crippen MR) is 82.2 cm³/mol.